The van der Waals surface area contributed by atoms with Crippen molar-refractivity contribution in [3.05, 3.63) is 58.6 Å². The number of amides is 2. The molecule has 10 heteroatoms. The second-order valence-corrected chi connectivity index (χ2v) is 10.5. The van der Waals surface area contributed by atoms with Gasteiger partial charge in [0.1, 0.15) is 4.90 Å². The average Bonchev–Trinajstić information content (AvgIpc) is 2.79. The van der Waals surface area contributed by atoms with E-state index >= 15 is 0 Å². The summed E-state index contributed by atoms with van der Waals surface area (Å²) in [6, 6.07) is 10.7. The molecule has 34 heavy (non-hydrogen) atoms. The summed E-state index contributed by atoms with van der Waals surface area (Å²) in [6.07, 6.45) is -0.499. The van der Waals surface area contributed by atoms with Gasteiger partial charge in [-0.2, -0.15) is 4.31 Å². The van der Waals surface area contributed by atoms with Gasteiger partial charge >= 0.3 is 0 Å². The molecule has 0 radical (unpaired) electrons. The highest BCUT2D eigenvalue weighted by Gasteiger charge is 2.34. The van der Waals surface area contributed by atoms with E-state index in [0.717, 1.165) is 0 Å². The molecule has 1 aliphatic rings. The Labute approximate surface area is 205 Å². The molecule has 3 rings (SSSR count). The highest BCUT2D eigenvalue weighted by atomic mass is 35.5. The van der Waals surface area contributed by atoms with Crippen LogP contribution in [0.4, 0.5) is 5.69 Å². The molecule has 0 aliphatic carbocycles. The van der Waals surface area contributed by atoms with Crippen LogP contribution in [0.15, 0.2) is 47.4 Å². The number of hydrogen-bond donors (Lipinski definition) is 1. The van der Waals surface area contributed by atoms with Crippen molar-refractivity contribution in [1.82, 2.24) is 9.21 Å². The van der Waals surface area contributed by atoms with Crippen LogP contribution < -0.4 is 5.32 Å². The number of carbonyl (C=O) groups excluding carboxylic acids is 2. The Morgan fingerprint density at radius 2 is 1.59 bits per heavy atom. The summed E-state index contributed by atoms with van der Waals surface area (Å²) in [7, 11) is -3.92. The van der Waals surface area contributed by atoms with Gasteiger partial charge in [-0.1, -0.05) is 11.6 Å². The minimum atomic E-state index is -3.92. The fourth-order valence-corrected chi connectivity index (χ4v) is 5.99. The molecule has 184 valence electrons. The third-order valence-corrected chi connectivity index (χ3v) is 7.95. The third-order valence-electron chi connectivity index (χ3n) is 5.64. The zero-order valence-corrected chi connectivity index (χ0v) is 21.3. The van der Waals surface area contributed by atoms with Crippen molar-refractivity contribution in [2.75, 3.05) is 31.5 Å². The lowest BCUT2D eigenvalue weighted by Gasteiger charge is -2.34. The smallest absolute Gasteiger partial charge is 0.255 e. The predicted octanol–water partition coefficient (Wildman–Crippen LogP) is 3.87. The number of sulfonamides is 1. The van der Waals surface area contributed by atoms with Gasteiger partial charge in [0.15, 0.2) is 0 Å². The van der Waals surface area contributed by atoms with Crippen LogP contribution in [0.1, 0.15) is 48.4 Å². The highest BCUT2D eigenvalue weighted by molar-refractivity contribution is 7.89. The summed E-state index contributed by atoms with van der Waals surface area (Å²) in [5.41, 5.74) is 1.16. The van der Waals surface area contributed by atoms with Gasteiger partial charge < -0.3 is 15.0 Å². The van der Waals surface area contributed by atoms with Crippen LogP contribution in [0.2, 0.25) is 5.02 Å². The first-order chi connectivity index (χ1) is 16.1. The van der Waals surface area contributed by atoms with Crippen molar-refractivity contribution in [1.29, 1.82) is 0 Å². The van der Waals surface area contributed by atoms with Crippen LogP contribution in [-0.2, 0) is 14.8 Å². The molecule has 2 amide bonds. The summed E-state index contributed by atoms with van der Waals surface area (Å²) < 4.78 is 33.5. The second-order valence-electron chi connectivity index (χ2n) is 8.23. The second kappa shape index (κ2) is 10.9. The highest BCUT2D eigenvalue weighted by Crippen LogP contribution is 2.28. The Bertz CT molecular complexity index is 1140. The molecule has 0 bridgehead atoms. The van der Waals surface area contributed by atoms with Gasteiger partial charge in [0, 0.05) is 43.0 Å². The van der Waals surface area contributed by atoms with E-state index in [2.05, 4.69) is 5.32 Å². The van der Waals surface area contributed by atoms with E-state index in [1.165, 1.54) is 22.5 Å². The fraction of sp³-hybridized carbons (Fsp3) is 0.417. The van der Waals surface area contributed by atoms with Crippen LogP contribution in [0.3, 0.4) is 0 Å². The Balaban J connectivity index is 1.79. The zero-order chi connectivity index (χ0) is 25.0. The number of hydrogen-bond acceptors (Lipinski definition) is 5. The van der Waals surface area contributed by atoms with E-state index in [1.54, 1.807) is 29.2 Å². The van der Waals surface area contributed by atoms with Crippen LogP contribution in [-0.4, -0.2) is 67.8 Å². The lowest BCUT2D eigenvalue weighted by Crippen LogP contribution is -2.48. The van der Waals surface area contributed by atoms with E-state index in [0.29, 0.717) is 24.3 Å². The fourth-order valence-electron chi connectivity index (χ4n) is 3.90. The van der Waals surface area contributed by atoms with E-state index < -0.39 is 15.9 Å². The van der Waals surface area contributed by atoms with Gasteiger partial charge in [0.25, 0.3) is 11.8 Å². The van der Waals surface area contributed by atoms with Crippen LogP contribution >= 0.6 is 11.6 Å². The number of halogens is 1. The topological polar surface area (TPSA) is 96.0 Å². The molecule has 2 unspecified atom stereocenters. The van der Waals surface area contributed by atoms with Crippen LogP contribution in [0, 0.1) is 0 Å². The summed E-state index contributed by atoms with van der Waals surface area (Å²) >= 11 is 6.23. The van der Waals surface area contributed by atoms with Crippen molar-refractivity contribution in [2.45, 2.75) is 44.8 Å². The third kappa shape index (κ3) is 5.78. The van der Waals surface area contributed by atoms with Gasteiger partial charge in [0.05, 0.1) is 17.2 Å². The Morgan fingerprint density at radius 1 is 1.03 bits per heavy atom. The minimum absolute atomic E-state index is 0.0441. The van der Waals surface area contributed by atoms with Gasteiger partial charge in [-0.25, -0.2) is 8.42 Å². The maximum absolute atomic E-state index is 13.3. The molecule has 1 saturated heterocycles. The minimum Gasteiger partial charge on any atom is -0.373 e. The van der Waals surface area contributed by atoms with Crippen molar-refractivity contribution in [3.63, 3.8) is 0 Å². The molecule has 0 saturated carbocycles. The first-order valence-corrected chi connectivity index (χ1v) is 13.0. The summed E-state index contributed by atoms with van der Waals surface area (Å²) in [6.45, 7) is 9.08. The normalized spacial score (nSPS) is 19.0. The Kier molecular flexibility index (Phi) is 8.35. The predicted molar refractivity (Wildman–Crippen MR) is 132 cm³/mol. The van der Waals surface area contributed by atoms with Crippen molar-refractivity contribution >= 4 is 39.1 Å². The maximum Gasteiger partial charge on any atom is 0.255 e. The first-order valence-electron chi connectivity index (χ1n) is 11.2. The molecular weight excluding hydrogens is 478 g/mol. The van der Waals surface area contributed by atoms with Crippen molar-refractivity contribution in [2.24, 2.45) is 0 Å². The van der Waals surface area contributed by atoms with Gasteiger partial charge in [-0.3, -0.25) is 9.59 Å². The van der Waals surface area contributed by atoms with Crippen LogP contribution in [0.5, 0.6) is 0 Å². The zero-order valence-electron chi connectivity index (χ0n) is 19.7. The Morgan fingerprint density at radius 3 is 2.15 bits per heavy atom. The quantitative estimate of drug-likeness (QED) is 0.613. The largest absolute Gasteiger partial charge is 0.373 e. The number of anilines is 1. The number of rotatable bonds is 7. The van der Waals surface area contributed by atoms with Gasteiger partial charge in [-0.15, -0.1) is 0 Å². The number of nitrogens with zero attached hydrogens (tertiary/aromatic N) is 2. The molecule has 2 aromatic rings. The monoisotopic (exact) mass is 507 g/mol. The number of carbonyl (C=O) groups is 2. The van der Waals surface area contributed by atoms with E-state index in [-0.39, 0.29) is 46.7 Å². The standard InChI is InChI=1S/C24H30ClN3O5S/c1-5-27(6-2)24(30)18-7-10-20(11-8-18)26-23(29)19-9-12-21(25)22(13-19)34(31,32)28-14-16(3)33-17(4)15-28/h7-13,16-17H,5-6,14-15H2,1-4H3,(H,26,29). The van der Waals surface area contributed by atoms with Crippen molar-refractivity contribution in [3.8, 4) is 0 Å². The molecule has 1 N–H and O–H groups in total. The molecule has 1 aliphatic heterocycles. The number of benzene rings is 2. The maximum atomic E-state index is 13.3. The molecule has 8 nitrogen and oxygen atoms in total. The van der Waals surface area contributed by atoms with Crippen molar-refractivity contribution < 1.29 is 22.7 Å². The molecule has 0 aromatic heterocycles. The summed E-state index contributed by atoms with van der Waals surface area (Å²) in [4.78, 5) is 26.9. The van der Waals surface area contributed by atoms with Gasteiger partial charge in [0.2, 0.25) is 10.0 Å². The molecule has 0 spiro atoms. The summed E-state index contributed by atoms with van der Waals surface area (Å²) in [5.74, 6) is -0.568. The molecule has 2 atom stereocenters. The van der Waals surface area contributed by atoms with Gasteiger partial charge in [-0.05, 0) is 70.2 Å². The Hall–Kier alpha value is -2.46. The van der Waals surface area contributed by atoms with E-state index in [1.807, 2.05) is 27.7 Å². The SMILES string of the molecule is CCN(CC)C(=O)c1ccc(NC(=O)c2ccc(Cl)c(S(=O)(=O)N3CC(C)OC(C)C3)c2)cc1. The molecule has 2 aromatic carbocycles. The number of ether oxygens (including phenoxy) is 1. The molecule has 1 fully saturated rings. The van der Waals surface area contributed by atoms with E-state index in [9.17, 15) is 18.0 Å². The van der Waals surface area contributed by atoms with Crippen LogP contribution in [0.25, 0.3) is 0 Å². The molecular formula is C24H30ClN3O5S. The summed E-state index contributed by atoms with van der Waals surface area (Å²) in [5, 5.41) is 2.78. The average molecular weight is 508 g/mol. The number of morpholine rings is 1. The lowest BCUT2D eigenvalue weighted by molar-refractivity contribution is -0.0440. The first kappa shape index (κ1) is 26.2. The van der Waals surface area contributed by atoms with E-state index in [4.69, 9.17) is 16.3 Å². The molecule has 1 heterocycles. The number of nitrogens with one attached hydrogen (secondary N) is 1. The lowest BCUT2D eigenvalue weighted by atomic mass is 10.1.